The molecular weight excluding hydrogens is 362 g/mol. The molecule has 1 heterocycles. The molecule has 27 heavy (non-hydrogen) atoms. The van der Waals surface area contributed by atoms with Crippen molar-refractivity contribution in [1.29, 1.82) is 0 Å². The average Bonchev–Trinajstić information content (AvgIpc) is 3.25. The van der Waals surface area contributed by atoms with Gasteiger partial charge in [0.15, 0.2) is 0 Å². The SMILES string of the molecule is CC(C)(C)CC(NC(=O)N1CCCC1C(=O)NC1CC1)c1ccc(Cl)cc1. The van der Waals surface area contributed by atoms with E-state index in [0.29, 0.717) is 17.6 Å². The molecule has 1 saturated carbocycles. The smallest absolute Gasteiger partial charge is 0.318 e. The third-order valence-electron chi connectivity index (χ3n) is 5.13. The zero-order valence-electron chi connectivity index (χ0n) is 16.4. The van der Waals surface area contributed by atoms with E-state index < -0.39 is 0 Å². The maximum atomic E-state index is 13.0. The molecule has 1 aromatic rings. The van der Waals surface area contributed by atoms with Crippen LogP contribution < -0.4 is 10.6 Å². The molecule has 1 aliphatic carbocycles. The second-order valence-corrected chi connectivity index (χ2v) is 9.39. The molecule has 1 saturated heterocycles. The van der Waals surface area contributed by atoms with E-state index in [4.69, 9.17) is 11.6 Å². The Labute approximate surface area is 166 Å². The number of carbonyl (C=O) groups is 2. The maximum Gasteiger partial charge on any atom is 0.318 e. The Kier molecular flexibility index (Phi) is 5.99. The van der Waals surface area contributed by atoms with Crippen LogP contribution in [0.5, 0.6) is 0 Å². The van der Waals surface area contributed by atoms with E-state index in [1.165, 1.54) is 0 Å². The first kappa shape index (κ1) is 20.0. The van der Waals surface area contributed by atoms with Crippen molar-refractivity contribution in [3.63, 3.8) is 0 Å². The lowest BCUT2D eigenvalue weighted by atomic mass is 9.85. The highest BCUT2D eigenvalue weighted by molar-refractivity contribution is 6.30. The summed E-state index contributed by atoms with van der Waals surface area (Å²) in [6.07, 6.45) is 4.49. The van der Waals surface area contributed by atoms with Gasteiger partial charge in [0.25, 0.3) is 0 Å². The lowest BCUT2D eigenvalue weighted by Gasteiger charge is -2.31. The number of hydrogen-bond donors (Lipinski definition) is 2. The topological polar surface area (TPSA) is 61.4 Å². The molecule has 2 N–H and O–H groups in total. The summed E-state index contributed by atoms with van der Waals surface area (Å²) in [6, 6.07) is 7.29. The van der Waals surface area contributed by atoms with E-state index in [1.807, 2.05) is 24.3 Å². The molecule has 3 amide bonds. The van der Waals surface area contributed by atoms with Gasteiger partial charge in [-0.3, -0.25) is 4.79 Å². The first-order valence-corrected chi connectivity index (χ1v) is 10.2. The molecular formula is C21H30ClN3O2. The molecule has 0 spiro atoms. The predicted molar refractivity (Wildman–Crippen MR) is 108 cm³/mol. The molecule has 0 aromatic heterocycles. The minimum Gasteiger partial charge on any atom is -0.352 e. The summed E-state index contributed by atoms with van der Waals surface area (Å²) in [5.74, 6) is -0.0102. The molecule has 6 heteroatoms. The molecule has 0 bridgehead atoms. The van der Waals surface area contributed by atoms with Crippen LogP contribution in [0.2, 0.25) is 5.02 Å². The fourth-order valence-electron chi connectivity index (χ4n) is 3.60. The van der Waals surface area contributed by atoms with Gasteiger partial charge in [-0.15, -0.1) is 0 Å². The Bertz CT molecular complexity index is 680. The number of rotatable bonds is 5. The fraction of sp³-hybridized carbons (Fsp3) is 0.619. The number of benzene rings is 1. The Morgan fingerprint density at radius 2 is 1.85 bits per heavy atom. The Balaban J connectivity index is 1.70. The number of nitrogens with one attached hydrogen (secondary N) is 2. The van der Waals surface area contributed by atoms with Crippen molar-refractivity contribution in [3.05, 3.63) is 34.9 Å². The van der Waals surface area contributed by atoms with E-state index in [1.54, 1.807) is 4.90 Å². The summed E-state index contributed by atoms with van der Waals surface area (Å²) >= 11 is 6.02. The summed E-state index contributed by atoms with van der Waals surface area (Å²) in [5, 5.41) is 6.88. The van der Waals surface area contributed by atoms with Crippen LogP contribution in [0.1, 0.15) is 64.5 Å². The van der Waals surface area contributed by atoms with Crippen LogP contribution in [0.3, 0.4) is 0 Å². The van der Waals surface area contributed by atoms with Crippen molar-refractivity contribution >= 4 is 23.5 Å². The standard InChI is InChI=1S/C21H30ClN3O2/c1-21(2,3)13-17(14-6-8-15(22)9-7-14)24-20(27)25-12-4-5-18(25)19(26)23-16-10-11-16/h6-9,16-18H,4-5,10-13H2,1-3H3,(H,23,26)(H,24,27). The molecule has 5 nitrogen and oxygen atoms in total. The van der Waals surface area contributed by atoms with Crippen molar-refractivity contribution in [2.75, 3.05) is 6.54 Å². The molecule has 2 unspecified atom stereocenters. The largest absolute Gasteiger partial charge is 0.352 e. The zero-order chi connectivity index (χ0) is 19.6. The van der Waals surface area contributed by atoms with Gasteiger partial charge in [0.2, 0.25) is 5.91 Å². The van der Waals surface area contributed by atoms with Crippen LogP contribution in [0.15, 0.2) is 24.3 Å². The van der Waals surface area contributed by atoms with Crippen molar-refractivity contribution < 1.29 is 9.59 Å². The van der Waals surface area contributed by atoms with Crippen molar-refractivity contribution in [2.24, 2.45) is 5.41 Å². The van der Waals surface area contributed by atoms with E-state index in [9.17, 15) is 9.59 Å². The van der Waals surface area contributed by atoms with Gasteiger partial charge in [-0.05, 0) is 55.2 Å². The number of amides is 3. The van der Waals surface area contributed by atoms with Gasteiger partial charge >= 0.3 is 6.03 Å². The fourth-order valence-corrected chi connectivity index (χ4v) is 3.73. The molecule has 148 valence electrons. The molecule has 1 aliphatic heterocycles. The lowest BCUT2D eigenvalue weighted by Crippen LogP contribution is -2.50. The first-order chi connectivity index (χ1) is 12.7. The second kappa shape index (κ2) is 8.09. The highest BCUT2D eigenvalue weighted by Gasteiger charge is 2.37. The highest BCUT2D eigenvalue weighted by Crippen LogP contribution is 2.31. The summed E-state index contributed by atoms with van der Waals surface area (Å²) in [5.41, 5.74) is 1.08. The van der Waals surface area contributed by atoms with E-state index in [0.717, 1.165) is 37.7 Å². The number of carbonyl (C=O) groups excluding carboxylic acids is 2. The molecule has 0 radical (unpaired) electrons. The normalized spacial score (nSPS) is 21.0. The van der Waals surface area contributed by atoms with Crippen LogP contribution >= 0.6 is 11.6 Å². The van der Waals surface area contributed by atoms with Crippen LogP contribution in [-0.2, 0) is 4.79 Å². The third kappa shape index (κ3) is 5.61. The monoisotopic (exact) mass is 391 g/mol. The van der Waals surface area contributed by atoms with Gasteiger partial charge in [0, 0.05) is 17.6 Å². The van der Waals surface area contributed by atoms with Gasteiger partial charge in [0.1, 0.15) is 6.04 Å². The molecule has 3 rings (SSSR count). The number of urea groups is 1. The van der Waals surface area contributed by atoms with E-state index in [2.05, 4.69) is 31.4 Å². The average molecular weight is 392 g/mol. The minimum absolute atomic E-state index is 0.0102. The van der Waals surface area contributed by atoms with Crippen LogP contribution in [0.4, 0.5) is 4.79 Å². The molecule has 2 atom stereocenters. The van der Waals surface area contributed by atoms with Gasteiger partial charge in [0.05, 0.1) is 6.04 Å². The second-order valence-electron chi connectivity index (χ2n) is 8.95. The van der Waals surface area contributed by atoms with Crippen LogP contribution in [0.25, 0.3) is 0 Å². The van der Waals surface area contributed by atoms with Gasteiger partial charge in [-0.25, -0.2) is 4.79 Å². The summed E-state index contributed by atoms with van der Waals surface area (Å²) < 4.78 is 0. The van der Waals surface area contributed by atoms with Crippen molar-refractivity contribution in [3.8, 4) is 0 Å². The highest BCUT2D eigenvalue weighted by atomic mass is 35.5. The van der Waals surface area contributed by atoms with Crippen LogP contribution in [-0.4, -0.2) is 35.5 Å². The first-order valence-electron chi connectivity index (χ1n) is 9.86. The summed E-state index contributed by atoms with van der Waals surface area (Å²) in [7, 11) is 0. The van der Waals surface area contributed by atoms with Gasteiger partial charge < -0.3 is 15.5 Å². The quantitative estimate of drug-likeness (QED) is 0.787. The molecule has 1 aromatic carbocycles. The Morgan fingerprint density at radius 1 is 1.19 bits per heavy atom. The van der Waals surface area contributed by atoms with E-state index in [-0.39, 0.29) is 29.4 Å². The van der Waals surface area contributed by atoms with Crippen molar-refractivity contribution in [1.82, 2.24) is 15.5 Å². The molecule has 2 aliphatic rings. The Morgan fingerprint density at radius 3 is 2.44 bits per heavy atom. The number of hydrogen-bond acceptors (Lipinski definition) is 2. The lowest BCUT2D eigenvalue weighted by molar-refractivity contribution is -0.124. The number of likely N-dealkylation sites (tertiary alicyclic amines) is 1. The van der Waals surface area contributed by atoms with Gasteiger partial charge in [-0.2, -0.15) is 0 Å². The number of nitrogens with zero attached hydrogens (tertiary/aromatic N) is 1. The van der Waals surface area contributed by atoms with Crippen molar-refractivity contribution in [2.45, 2.75) is 71.0 Å². The summed E-state index contributed by atoms with van der Waals surface area (Å²) in [6.45, 7) is 7.09. The van der Waals surface area contributed by atoms with E-state index >= 15 is 0 Å². The Hall–Kier alpha value is -1.75. The molecule has 2 fully saturated rings. The van der Waals surface area contributed by atoms with Crippen LogP contribution in [0, 0.1) is 5.41 Å². The maximum absolute atomic E-state index is 13.0. The third-order valence-corrected chi connectivity index (χ3v) is 5.38. The minimum atomic E-state index is -0.355. The summed E-state index contributed by atoms with van der Waals surface area (Å²) in [4.78, 5) is 27.2. The number of halogens is 1. The zero-order valence-corrected chi connectivity index (χ0v) is 17.2. The van der Waals surface area contributed by atoms with Gasteiger partial charge in [-0.1, -0.05) is 44.5 Å². The predicted octanol–water partition coefficient (Wildman–Crippen LogP) is 4.27.